The monoisotopic (exact) mass is 292 g/mol. The van der Waals surface area contributed by atoms with Gasteiger partial charge in [0.05, 0.1) is 5.39 Å². The Kier molecular flexibility index (Phi) is 3.49. The highest BCUT2D eigenvalue weighted by molar-refractivity contribution is 7.18. The van der Waals surface area contributed by atoms with Gasteiger partial charge in [0.2, 0.25) is 5.95 Å². The molecule has 3 heterocycles. The number of nitrogens with one attached hydrogen (secondary N) is 1. The van der Waals surface area contributed by atoms with E-state index >= 15 is 0 Å². The van der Waals surface area contributed by atoms with E-state index < -0.39 is 0 Å². The Labute approximate surface area is 122 Å². The van der Waals surface area contributed by atoms with E-state index in [9.17, 15) is 0 Å². The molecule has 108 valence electrons. The second-order valence-electron chi connectivity index (χ2n) is 5.44. The zero-order chi connectivity index (χ0) is 14.3. The van der Waals surface area contributed by atoms with Crippen LogP contribution in [-0.2, 0) is 0 Å². The van der Waals surface area contributed by atoms with Crippen LogP contribution in [0.1, 0.15) is 11.3 Å². The summed E-state index contributed by atoms with van der Waals surface area (Å²) >= 11 is 1.68. The molecule has 1 fully saturated rings. The molecule has 0 aliphatic carbocycles. The molecule has 1 aliphatic rings. The van der Waals surface area contributed by atoms with Crippen molar-refractivity contribution in [3.05, 3.63) is 10.9 Å². The highest BCUT2D eigenvalue weighted by atomic mass is 32.1. The number of aromatic nitrogens is 2. The zero-order valence-corrected chi connectivity index (χ0v) is 12.9. The van der Waals surface area contributed by atoms with Gasteiger partial charge in [-0.25, -0.2) is 10.8 Å². The zero-order valence-electron chi connectivity index (χ0n) is 12.1. The fourth-order valence-corrected chi connectivity index (χ4v) is 3.56. The lowest BCUT2D eigenvalue weighted by Crippen LogP contribution is -2.31. The summed E-state index contributed by atoms with van der Waals surface area (Å²) in [4.78, 5) is 15.9. The lowest BCUT2D eigenvalue weighted by atomic mass is 10.2. The van der Waals surface area contributed by atoms with Crippen LogP contribution in [0.3, 0.4) is 0 Å². The Morgan fingerprint density at radius 1 is 1.45 bits per heavy atom. The van der Waals surface area contributed by atoms with E-state index in [-0.39, 0.29) is 0 Å². The van der Waals surface area contributed by atoms with Gasteiger partial charge >= 0.3 is 0 Å². The molecule has 3 N–H and O–H groups in total. The number of hydrogen-bond acceptors (Lipinski definition) is 7. The molecular formula is C13H20N6S. The third-order valence-corrected chi connectivity index (χ3v) is 4.76. The van der Waals surface area contributed by atoms with Crippen LogP contribution in [-0.4, -0.2) is 48.1 Å². The Balaban J connectivity index is 2.02. The highest BCUT2D eigenvalue weighted by Gasteiger charge is 2.27. The van der Waals surface area contributed by atoms with Crippen molar-refractivity contribution in [2.24, 2.45) is 5.84 Å². The second-order valence-corrected chi connectivity index (χ2v) is 6.68. The van der Waals surface area contributed by atoms with Gasteiger partial charge in [-0.2, -0.15) is 4.98 Å². The molecule has 7 heteroatoms. The predicted molar refractivity (Wildman–Crippen MR) is 84.3 cm³/mol. The average Bonchev–Trinajstić information content (AvgIpc) is 3.02. The largest absolute Gasteiger partial charge is 0.354 e. The topological polar surface area (TPSA) is 70.3 Å². The number of rotatable bonds is 3. The second kappa shape index (κ2) is 5.16. The van der Waals surface area contributed by atoms with Gasteiger partial charge in [-0.15, -0.1) is 11.3 Å². The molecule has 1 unspecified atom stereocenters. The molecule has 0 spiro atoms. The van der Waals surface area contributed by atoms with E-state index in [2.05, 4.69) is 52.3 Å². The van der Waals surface area contributed by atoms with Crippen LogP contribution >= 0.6 is 11.3 Å². The molecule has 1 aliphatic heterocycles. The van der Waals surface area contributed by atoms with E-state index in [0.717, 1.165) is 35.5 Å². The van der Waals surface area contributed by atoms with E-state index in [1.807, 2.05) is 0 Å². The van der Waals surface area contributed by atoms with E-state index in [0.29, 0.717) is 12.0 Å². The number of anilines is 2. The maximum atomic E-state index is 5.49. The first-order valence-corrected chi connectivity index (χ1v) is 7.56. The fraction of sp³-hybridized carbons (Fsp3) is 0.538. The van der Waals surface area contributed by atoms with Gasteiger partial charge in [0.25, 0.3) is 0 Å². The number of nitrogen functional groups attached to an aromatic ring is 1. The summed E-state index contributed by atoms with van der Waals surface area (Å²) in [5, 5.41) is 1.13. The minimum atomic E-state index is 0.489. The van der Waals surface area contributed by atoms with Crippen LogP contribution in [0.25, 0.3) is 10.2 Å². The summed E-state index contributed by atoms with van der Waals surface area (Å²) in [7, 11) is 4.26. The third kappa shape index (κ3) is 2.32. The van der Waals surface area contributed by atoms with Gasteiger partial charge in [-0.3, -0.25) is 5.43 Å². The number of aryl methyl sites for hydroxylation is 1. The molecule has 1 atom stereocenters. The molecule has 2 aromatic heterocycles. The molecule has 0 amide bonds. The van der Waals surface area contributed by atoms with Gasteiger partial charge in [0.1, 0.15) is 10.6 Å². The van der Waals surface area contributed by atoms with Gasteiger partial charge in [-0.05, 0) is 33.5 Å². The van der Waals surface area contributed by atoms with Crippen molar-refractivity contribution in [1.82, 2.24) is 14.9 Å². The summed E-state index contributed by atoms with van der Waals surface area (Å²) in [6.07, 6.45) is 1.16. The van der Waals surface area contributed by atoms with E-state index in [4.69, 9.17) is 5.84 Å². The van der Waals surface area contributed by atoms with Crippen molar-refractivity contribution in [2.75, 3.05) is 37.5 Å². The van der Waals surface area contributed by atoms with Crippen molar-refractivity contribution in [3.63, 3.8) is 0 Å². The molecular weight excluding hydrogens is 272 g/mol. The molecule has 0 aromatic carbocycles. The summed E-state index contributed by atoms with van der Waals surface area (Å²) in [5.74, 6) is 6.98. The van der Waals surface area contributed by atoms with Crippen molar-refractivity contribution in [3.8, 4) is 0 Å². The van der Waals surface area contributed by atoms with Crippen molar-refractivity contribution in [1.29, 1.82) is 0 Å². The Bertz CT molecular complexity index is 623. The SMILES string of the molecule is Cc1cc2c(N3CCC(N(C)C)C3)nc(NN)nc2s1. The fourth-order valence-electron chi connectivity index (χ4n) is 2.69. The number of nitrogens with two attached hydrogens (primary N) is 1. The first kappa shape index (κ1) is 13.5. The van der Waals surface area contributed by atoms with Gasteiger partial charge in [0.15, 0.2) is 0 Å². The van der Waals surface area contributed by atoms with Gasteiger partial charge < -0.3 is 9.80 Å². The van der Waals surface area contributed by atoms with Crippen LogP contribution in [0.2, 0.25) is 0 Å². The maximum absolute atomic E-state index is 5.49. The average molecular weight is 292 g/mol. The van der Waals surface area contributed by atoms with Crippen LogP contribution < -0.4 is 16.2 Å². The molecule has 3 rings (SSSR count). The van der Waals surface area contributed by atoms with E-state index in [1.54, 1.807) is 11.3 Å². The Morgan fingerprint density at radius 2 is 2.25 bits per heavy atom. The lowest BCUT2D eigenvalue weighted by Gasteiger charge is -2.21. The third-order valence-electron chi connectivity index (χ3n) is 3.82. The van der Waals surface area contributed by atoms with Crippen molar-refractivity contribution >= 4 is 33.3 Å². The van der Waals surface area contributed by atoms with Crippen molar-refractivity contribution in [2.45, 2.75) is 19.4 Å². The quantitative estimate of drug-likeness (QED) is 0.659. The summed E-state index contributed by atoms with van der Waals surface area (Å²) in [6, 6.07) is 2.74. The summed E-state index contributed by atoms with van der Waals surface area (Å²) < 4.78 is 0. The lowest BCUT2D eigenvalue weighted by molar-refractivity contribution is 0.315. The van der Waals surface area contributed by atoms with Crippen LogP contribution in [0.15, 0.2) is 6.07 Å². The summed E-state index contributed by atoms with van der Waals surface area (Å²) in [5.41, 5.74) is 2.57. The first-order valence-electron chi connectivity index (χ1n) is 6.74. The van der Waals surface area contributed by atoms with Crippen molar-refractivity contribution < 1.29 is 0 Å². The Morgan fingerprint density at radius 3 is 2.90 bits per heavy atom. The Hall–Kier alpha value is -1.44. The van der Waals surface area contributed by atoms with Gasteiger partial charge in [-0.1, -0.05) is 0 Å². The van der Waals surface area contributed by atoms with Crippen LogP contribution in [0.4, 0.5) is 11.8 Å². The number of nitrogens with zero attached hydrogens (tertiary/aromatic N) is 4. The molecule has 0 bridgehead atoms. The highest BCUT2D eigenvalue weighted by Crippen LogP contribution is 2.33. The normalized spacial score (nSPS) is 19.2. The molecule has 0 radical (unpaired) electrons. The molecule has 1 saturated heterocycles. The number of likely N-dealkylation sites (N-methyl/N-ethyl adjacent to an activating group) is 1. The minimum absolute atomic E-state index is 0.489. The van der Waals surface area contributed by atoms with E-state index in [1.165, 1.54) is 4.88 Å². The number of hydrogen-bond donors (Lipinski definition) is 2. The molecule has 20 heavy (non-hydrogen) atoms. The smallest absolute Gasteiger partial charge is 0.240 e. The minimum Gasteiger partial charge on any atom is -0.354 e. The summed E-state index contributed by atoms with van der Waals surface area (Å²) in [6.45, 7) is 4.12. The maximum Gasteiger partial charge on any atom is 0.240 e. The number of fused-ring (bicyclic) bond motifs is 1. The first-order chi connectivity index (χ1) is 9.58. The number of hydrazine groups is 1. The standard InChI is InChI=1S/C13H20N6S/c1-8-6-10-11(15-13(17-14)16-12(10)20-8)19-5-4-9(7-19)18(2)3/h6,9H,4-5,7,14H2,1-3H3,(H,15,16,17). The number of thiophene rings is 1. The van der Waals surface area contributed by atoms with Crippen LogP contribution in [0.5, 0.6) is 0 Å². The molecule has 2 aromatic rings. The van der Waals surface area contributed by atoms with Gasteiger partial charge in [0, 0.05) is 24.0 Å². The molecule has 0 saturated carbocycles. The molecule has 6 nitrogen and oxygen atoms in total. The van der Waals surface area contributed by atoms with Crippen LogP contribution in [0, 0.1) is 6.92 Å². The predicted octanol–water partition coefficient (Wildman–Crippen LogP) is 1.43.